The molecule has 0 radical (unpaired) electrons. The van der Waals surface area contributed by atoms with Crippen LogP contribution in [0.4, 0.5) is 0 Å². The first-order chi connectivity index (χ1) is 7.11. The lowest BCUT2D eigenvalue weighted by atomic mass is 9.99. The molecule has 0 saturated carbocycles. The van der Waals surface area contributed by atoms with Crippen LogP contribution in [0.1, 0.15) is 31.4 Å². The number of hydrogen-bond acceptors (Lipinski definition) is 2. The van der Waals surface area contributed by atoms with E-state index in [0.717, 1.165) is 13.0 Å². The Morgan fingerprint density at radius 2 is 2.00 bits per heavy atom. The summed E-state index contributed by atoms with van der Waals surface area (Å²) in [5.74, 6) is 0. The molecule has 1 aromatic rings. The van der Waals surface area contributed by atoms with Crippen molar-refractivity contribution >= 4 is 0 Å². The van der Waals surface area contributed by atoms with Crippen LogP contribution >= 0.6 is 0 Å². The van der Waals surface area contributed by atoms with Crippen LogP contribution in [0.3, 0.4) is 0 Å². The molecule has 1 atom stereocenters. The standard InChI is InChI=1S/C13H21NO/c1-4-13(3,10-15)14-9-12-8-6-5-7-11(12)2/h5-8,14-15H,4,9-10H2,1-3H3. The monoisotopic (exact) mass is 207 g/mol. The number of hydrogen-bond donors (Lipinski definition) is 2. The van der Waals surface area contributed by atoms with E-state index in [0.29, 0.717) is 0 Å². The lowest BCUT2D eigenvalue weighted by Gasteiger charge is -2.27. The van der Waals surface area contributed by atoms with Crippen molar-refractivity contribution in [2.75, 3.05) is 6.61 Å². The fourth-order valence-electron chi connectivity index (χ4n) is 1.41. The molecule has 2 nitrogen and oxygen atoms in total. The molecule has 0 spiro atoms. The Balaban J connectivity index is 2.61. The summed E-state index contributed by atoms with van der Waals surface area (Å²) in [6, 6.07) is 8.32. The second kappa shape index (κ2) is 5.29. The normalized spacial score (nSPS) is 14.9. The Morgan fingerprint density at radius 1 is 1.33 bits per heavy atom. The first-order valence-corrected chi connectivity index (χ1v) is 5.51. The molecule has 0 aliphatic rings. The average molecular weight is 207 g/mol. The van der Waals surface area contributed by atoms with Crippen LogP contribution in [-0.4, -0.2) is 17.3 Å². The zero-order valence-corrected chi connectivity index (χ0v) is 9.88. The molecule has 1 aromatic carbocycles. The van der Waals surface area contributed by atoms with Gasteiger partial charge in [-0.2, -0.15) is 0 Å². The maximum atomic E-state index is 9.27. The van der Waals surface area contributed by atoms with E-state index < -0.39 is 0 Å². The summed E-state index contributed by atoms with van der Waals surface area (Å²) < 4.78 is 0. The van der Waals surface area contributed by atoms with E-state index >= 15 is 0 Å². The predicted molar refractivity (Wildman–Crippen MR) is 63.8 cm³/mol. The topological polar surface area (TPSA) is 32.3 Å². The third-order valence-electron chi connectivity index (χ3n) is 3.10. The van der Waals surface area contributed by atoms with Crippen LogP contribution in [-0.2, 0) is 6.54 Å². The van der Waals surface area contributed by atoms with Crippen molar-refractivity contribution in [1.82, 2.24) is 5.32 Å². The van der Waals surface area contributed by atoms with Crippen molar-refractivity contribution < 1.29 is 5.11 Å². The van der Waals surface area contributed by atoms with Crippen LogP contribution in [0.5, 0.6) is 0 Å². The quantitative estimate of drug-likeness (QED) is 0.776. The summed E-state index contributed by atoms with van der Waals surface area (Å²) in [6.45, 7) is 7.23. The Bertz CT molecular complexity index is 305. The lowest BCUT2D eigenvalue weighted by molar-refractivity contribution is 0.169. The molecule has 2 N–H and O–H groups in total. The number of aliphatic hydroxyl groups is 1. The Hall–Kier alpha value is -0.860. The van der Waals surface area contributed by atoms with Crippen molar-refractivity contribution in [1.29, 1.82) is 0 Å². The second-order valence-electron chi connectivity index (χ2n) is 4.35. The summed E-state index contributed by atoms with van der Waals surface area (Å²) in [4.78, 5) is 0. The first-order valence-electron chi connectivity index (χ1n) is 5.51. The molecule has 0 amide bonds. The minimum Gasteiger partial charge on any atom is -0.394 e. The fraction of sp³-hybridized carbons (Fsp3) is 0.538. The highest BCUT2D eigenvalue weighted by molar-refractivity contribution is 5.25. The molecule has 0 heterocycles. The van der Waals surface area contributed by atoms with E-state index in [1.54, 1.807) is 0 Å². The number of aryl methyl sites for hydroxylation is 1. The zero-order chi connectivity index (χ0) is 11.3. The minimum absolute atomic E-state index is 0.164. The predicted octanol–water partition coefficient (Wildman–Crippen LogP) is 2.25. The van der Waals surface area contributed by atoms with Gasteiger partial charge in [0.25, 0.3) is 0 Å². The van der Waals surface area contributed by atoms with Gasteiger partial charge < -0.3 is 10.4 Å². The molecule has 84 valence electrons. The Morgan fingerprint density at radius 3 is 2.53 bits per heavy atom. The van der Waals surface area contributed by atoms with Gasteiger partial charge in [-0.25, -0.2) is 0 Å². The third-order valence-corrected chi connectivity index (χ3v) is 3.10. The van der Waals surface area contributed by atoms with Crippen LogP contribution in [0.15, 0.2) is 24.3 Å². The summed E-state index contributed by atoms with van der Waals surface area (Å²) >= 11 is 0. The van der Waals surface area contributed by atoms with Gasteiger partial charge in [-0.15, -0.1) is 0 Å². The van der Waals surface area contributed by atoms with Gasteiger partial charge in [0.15, 0.2) is 0 Å². The van der Waals surface area contributed by atoms with E-state index in [1.165, 1.54) is 11.1 Å². The van der Waals surface area contributed by atoms with Gasteiger partial charge in [0, 0.05) is 12.1 Å². The van der Waals surface area contributed by atoms with Gasteiger partial charge in [0.1, 0.15) is 0 Å². The molecule has 1 rings (SSSR count). The van der Waals surface area contributed by atoms with Gasteiger partial charge in [0.2, 0.25) is 0 Å². The number of aliphatic hydroxyl groups excluding tert-OH is 1. The van der Waals surface area contributed by atoms with Crippen molar-refractivity contribution in [2.24, 2.45) is 0 Å². The highest BCUT2D eigenvalue weighted by atomic mass is 16.3. The SMILES string of the molecule is CCC(C)(CO)NCc1ccccc1C. The van der Waals surface area contributed by atoms with E-state index in [1.807, 2.05) is 19.1 Å². The summed E-state index contributed by atoms with van der Waals surface area (Å²) in [7, 11) is 0. The molecule has 0 saturated heterocycles. The third kappa shape index (κ3) is 3.33. The largest absolute Gasteiger partial charge is 0.394 e. The van der Waals surface area contributed by atoms with Crippen molar-refractivity contribution in [3.63, 3.8) is 0 Å². The fourth-order valence-corrected chi connectivity index (χ4v) is 1.41. The summed E-state index contributed by atoms with van der Waals surface area (Å²) in [6.07, 6.45) is 0.926. The number of benzene rings is 1. The van der Waals surface area contributed by atoms with Gasteiger partial charge in [-0.1, -0.05) is 31.2 Å². The van der Waals surface area contributed by atoms with E-state index in [9.17, 15) is 5.11 Å². The van der Waals surface area contributed by atoms with Gasteiger partial charge in [-0.05, 0) is 31.4 Å². The zero-order valence-electron chi connectivity index (χ0n) is 9.88. The van der Waals surface area contributed by atoms with Crippen LogP contribution in [0.25, 0.3) is 0 Å². The summed E-state index contributed by atoms with van der Waals surface area (Å²) in [5.41, 5.74) is 2.43. The molecule has 0 aliphatic heterocycles. The van der Waals surface area contributed by atoms with E-state index in [-0.39, 0.29) is 12.1 Å². The summed E-state index contributed by atoms with van der Waals surface area (Å²) in [5, 5.41) is 12.7. The molecule has 2 heteroatoms. The van der Waals surface area contributed by atoms with Crippen LogP contribution in [0, 0.1) is 6.92 Å². The molecule has 1 unspecified atom stereocenters. The lowest BCUT2D eigenvalue weighted by Crippen LogP contribution is -2.44. The maximum Gasteiger partial charge on any atom is 0.0610 e. The minimum atomic E-state index is -0.164. The second-order valence-corrected chi connectivity index (χ2v) is 4.35. The molecule has 0 aromatic heterocycles. The highest BCUT2D eigenvalue weighted by Gasteiger charge is 2.19. The Kier molecular flexibility index (Phi) is 4.30. The molecule has 0 aliphatic carbocycles. The highest BCUT2D eigenvalue weighted by Crippen LogP contribution is 2.12. The van der Waals surface area contributed by atoms with Gasteiger partial charge in [0.05, 0.1) is 6.61 Å². The number of nitrogens with one attached hydrogen (secondary N) is 1. The molecular weight excluding hydrogens is 186 g/mol. The maximum absolute atomic E-state index is 9.27. The van der Waals surface area contributed by atoms with Crippen LogP contribution in [0.2, 0.25) is 0 Å². The van der Waals surface area contributed by atoms with Gasteiger partial charge in [-0.3, -0.25) is 0 Å². The molecule has 15 heavy (non-hydrogen) atoms. The van der Waals surface area contributed by atoms with Crippen molar-refractivity contribution in [2.45, 2.75) is 39.3 Å². The van der Waals surface area contributed by atoms with E-state index in [4.69, 9.17) is 0 Å². The molecule has 0 bridgehead atoms. The van der Waals surface area contributed by atoms with Crippen molar-refractivity contribution in [3.05, 3.63) is 35.4 Å². The van der Waals surface area contributed by atoms with Gasteiger partial charge >= 0.3 is 0 Å². The smallest absolute Gasteiger partial charge is 0.0610 e. The van der Waals surface area contributed by atoms with Crippen molar-refractivity contribution in [3.8, 4) is 0 Å². The van der Waals surface area contributed by atoms with Crippen LogP contribution < -0.4 is 5.32 Å². The Labute approximate surface area is 92.3 Å². The molecule has 0 fully saturated rings. The average Bonchev–Trinajstić information content (AvgIpc) is 2.28. The first kappa shape index (κ1) is 12.2. The number of rotatable bonds is 5. The van der Waals surface area contributed by atoms with E-state index in [2.05, 4.69) is 31.3 Å². The molecular formula is C13H21NO.